The number of aliphatic carboxylic acids is 1. The zero-order chi connectivity index (χ0) is 20.0. The Morgan fingerprint density at radius 3 is 2.59 bits per heavy atom. The van der Waals surface area contributed by atoms with Crippen LogP contribution in [0.5, 0.6) is 5.75 Å². The van der Waals surface area contributed by atoms with Crippen molar-refractivity contribution in [1.29, 1.82) is 0 Å². The lowest BCUT2D eigenvalue weighted by atomic mass is 10.2. The predicted octanol–water partition coefficient (Wildman–Crippen LogP) is 0.931. The number of rotatable bonds is 8. The molecule has 7 nitrogen and oxygen atoms in total. The third kappa shape index (κ3) is 5.54. The third-order valence-corrected chi connectivity index (χ3v) is 5.26. The number of carbonyl (C=O) groups is 3. The summed E-state index contributed by atoms with van der Waals surface area (Å²) in [6.45, 7) is 1.71. The summed E-state index contributed by atoms with van der Waals surface area (Å²) >= 11 is 6.39. The Bertz CT molecular complexity index is 776. The zero-order valence-corrected chi connectivity index (χ0v) is 16.5. The van der Waals surface area contributed by atoms with Crippen LogP contribution in [0.4, 0.5) is 0 Å². The molecule has 9 heteroatoms. The van der Waals surface area contributed by atoms with Gasteiger partial charge in [-0.1, -0.05) is 43.0 Å². The maximum Gasteiger partial charge on any atom is 0.266 e. The van der Waals surface area contributed by atoms with Crippen molar-refractivity contribution in [2.45, 2.75) is 25.8 Å². The summed E-state index contributed by atoms with van der Waals surface area (Å²) in [5, 5.41) is 13.2. The van der Waals surface area contributed by atoms with Crippen LogP contribution >= 0.6 is 24.0 Å². The molecule has 0 aliphatic carbocycles. The van der Waals surface area contributed by atoms with E-state index in [0.717, 1.165) is 17.3 Å². The van der Waals surface area contributed by atoms with E-state index < -0.39 is 17.9 Å². The predicted molar refractivity (Wildman–Crippen MR) is 105 cm³/mol. The Kier molecular flexibility index (Phi) is 7.37. The van der Waals surface area contributed by atoms with Crippen LogP contribution in [0.1, 0.15) is 25.3 Å². The number of thiocarbonyl (C=S) groups is 1. The number of benzene rings is 1. The molecule has 1 saturated heterocycles. The summed E-state index contributed by atoms with van der Waals surface area (Å²) < 4.78 is 5.46. The van der Waals surface area contributed by atoms with E-state index in [4.69, 9.17) is 17.0 Å². The van der Waals surface area contributed by atoms with Crippen LogP contribution in [0.2, 0.25) is 0 Å². The molecule has 1 aliphatic heterocycles. The molecular weight excluding hydrogens is 388 g/mol. The van der Waals surface area contributed by atoms with Gasteiger partial charge in [-0.05, 0) is 30.2 Å². The number of thioether (sulfide) groups is 1. The fraction of sp³-hybridized carbons (Fsp3) is 0.333. The Labute approximate surface area is 166 Å². The van der Waals surface area contributed by atoms with Gasteiger partial charge in [0.15, 0.2) is 0 Å². The summed E-state index contributed by atoms with van der Waals surface area (Å²) in [4.78, 5) is 37.1. The molecule has 1 aliphatic rings. The lowest BCUT2D eigenvalue weighted by Gasteiger charge is -2.19. The van der Waals surface area contributed by atoms with Gasteiger partial charge in [0.1, 0.15) is 10.1 Å². The van der Waals surface area contributed by atoms with Crippen molar-refractivity contribution in [3.8, 4) is 5.75 Å². The van der Waals surface area contributed by atoms with E-state index in [1.807, 2.05) is 12.1 Å². The van der Waals surface area contributed by atoms with E-state index in [0.29, 0.717) is 15.0 Å². The summed E-state index contributed by atoms with van der Waals surface area (Å²) in [6.07, 6.45) is 1.90. The van der Waals surface area contributed by atoms with E-state index in [9.17, 15) is 19.5 Å². The van der Waals surface area contributed by atoms with Crippen LogP contribution in [0.25, 0.3) is 6.08 Å². The van der Waals surface area contributed by atoms with Crippen LogP contribution in [0.3, 0.4) is 0 Å². The molecule has 27 heavy (non-hydrogen) atoms. The Morgan fingerprint density at radius 1 is 1.37 bits per heavy atom. The van der Waals surface area contributed by atoms with Crippen LogP contribution in [0.15, 0.2) is 29.2 Å². The van der Waals surface area contributed by atoms with Crippen molar-refractivity contribution < 1.29 is 24.2 Å². The van der Waals surface area contributed by atoms with Crippen LogP contribution in [0, 0.1) is 0 Å². The van der Waals surface area contributed by atoms with Gasteiger partial charge >= 0.3 is 0 Å². The fourth-order valence-corrected chi connectivity index (χ4v) is 3.66. The zero-order valence-electron chi connectivity index (χ0n) is 14.9. The molecule has 1 heterocycles. The number of hydrogen-bond acceptors (Lipinski definition) is 7. The topological polar surface area (TPSA) is 98.8 Å². The first-order valence-electron chi connectivity index (χ1n) is 8.25. The number of nitrogens with zero attached hydrogens (tertiary/aromatic N) is 1. The molecule has 1 aromatic rings. The SMILES string of the molecule is CC[C@@H](NC(=O)CCN1C(=O)/C(=C\c2ccc(OC)cc2)SC1=S)C(=O)[O-]. The second-order valence-electron chi connectivity index (χ2n) is 5.70. The molecule has 0 unspecified atom stereocenters. The van der Waals surface area contributed by atoms with Crippen LogP contribution in [-0.2, 0) is 14.4 Å². The number of methoxy groups -OCH3 is 1. The number of amides is 2. The van der Waals surface area contributed by atoms with Crippen molar-refractivity contribution in [2.75, 3.05) is 13.7 Å². The average Bonchev–Trinajstić information content (AvgIpc) is 2.91. The van der Waals surface area contributed by atoms with E-state index in [1.54, 1.807) is 32.2 Å². The third-order valence-electron chi connectivity index (χ3n) is 3.88. The molecule has 1 atom stereocenters. The Balaban J connectivity index is 1.98. The number of hydrogen-bond donors (Lipinski definition) is 1. The molecule has 1 fully saturated rings. The second-order valence-corrected chi connectivity index (χ2v) is 7.38. The lowest BCUT2D eigenvalue weighted by molar-refractivity contribution is -0.308. The summed E-state index contributed by atoms with van der Waals surface area (Å²) in [5.41, 5.74) is 0.828. The Morgan fingerprint density at radius 2 is 2.04 bits per heavy atom. The number of ether oxygens (including phenoxy) is 1. The molecule has 0 saturated carbocycles. The summed E-state index contributed by atoms with van der Waals surface area (Å²) in [6, 6.07) is 6.18. The van der Waals surface area contributed by atoms with Crippen molar-refractivity contribution in [2.24, 2.45) is 0 Å². The van der Waals surface area contributed by atoms with Gasteiger partial charge in [0.2, 0.25) is 5.91 Å². The van der Waals surface area contributed by atoms with Gasteiger partial charge in [0.05, 0.1) is 24.0 Å². The molecule has 2 amide bonds. The number of carbonyl (C=O) groups excluding carboxylic acids is 3. The molecule has 0 bridgehead atoms. The highest BCUT2D eigenvalue weighted by Crippen LogP contribution is 2.32. The van der Waals surface area contributed by atoms with Gasteiger partial charge < -0.3 is 20.0 Å². The number of carboxylic acids is 1. The minimum atomic E-state index is -1.33. The van der Waals surface area contributed by atoms with E-state index in [-0.39, 0.29) is 25.3 Å². The molecule has 1 aromatic carbocycles. The molecular formula is C18H19N2O5S2-. The molecule has 144 valence electrons. The van der Waals surface area contributed by atoms with Gasteiger partial charge in [0, 0.05) is 13.0 Å². The highest BCUT2D eigenvalue weighted by atomic mass is 32.2. The number of carboxylic acid groups (broad SMARTS) is 1. The van der Waals surface area contributed by atoms with E-state index >= 15 is 0 Å². The molecule has 0 radical (unpaired) electrons. The normalized spacial score (nSPS) is 16.5. The smallest absolute Gasteiger partial charge is 0.266 e. The largest absolute Gasteiger partial charge is 0.548 e. The van der Waals surface area contributed by atoms with Gasteiger partial charge in [-0.3, -0.25) is 14.5 Å². The maximum atomic E-state index is 12.5. The molecule has 0 spiro atoms. The first kappa shape index (κ1) is 20.9. The first-order chi connectivity index (χ1) is 12.8. The van der Waals surface area contributed by atoms with Gasteiger partial charge in [-0.25, -0.2) is 0 Å². The maximum absolute atomic E-state index is 12.5. The van der Waals surface area contributed by atoms with Crippen molar-refractivity contribution >= 4 is 52.2 Å². The molecule has 2 rings (SSSR count). The minimum Gasteiger partial charge on any atom is -0.548 e. The first-order valence-corrected chi connectivity index (χ1v) is 9.47. The second kappa shape index (κ2) is 9.52. The quantitative estimate of drug-likeness (QED) is 0.506. The van der Waals surface area contributed by atoms with E-state index in [2.05, 4.69) is 5.32 Å². The minimum absolute atomic E-state index is 0.0496. The van der Waals surface area contributed by atoms with E-state index in [1.165, 1.54) is 4.90 Å². The number of nitrogens with one attached hydrogen (secondary N) is 1. The van der Waals surface area contributed by atoms with Crippen LogP contribution < -0.4 is 15.2 Å². The Hall–Kier alpha value is -2.39. The molecule has 1 N–H and O–H groups in total. The van der Waals surface area contributed by atoms with Gasteiger partial charge in [0.25, 0.3) is 5.91 Å². The van der Waals surface area contributed by atoms with Crippen molar-refractivity contribution in [3.63, 3.8) is 0 Å². The van der Waals surface area contributed by atoms with Crippen LogP contribution in [-0.4, -0.2) is 46.7 Å². The summed E-state index contributed by atoms with van der Waals surface area (Å²) in [5.74, 6) is -1.37. The van der Waals surface area contributed by atoms with Gasteiger partial charge in [-0.15, -0.1) is 0 Å². The summed E-state index contributed by atoms with van der Waals surface area (Å²) in [7, 11) is 1.58. The standard InChI is InChI=1S/C18H20N2O5S2/c1-3-13(17(23)24)19-15(21)8-9-20-16(22)14(27-18(20)26)10-11-4-6-12(25-2)7-5-11/h4-7,10,13H,3,8-9H2,1-2H3,(H,19,21)(H,23,24)/p-1/b14-10+/t13-/m1/s1. The highest BCUT2D eigenvalue weighted by Gasteiger charge is 2.32. The molecule has 0 aromatic heterocycles. The van der Waals surface area contributed by atoms with Gasteiger partial charge in [-0.2, -0.15) is 0 Å². The van der Waals surface area contributed by atoms with Crippen molar-refractivity contribution in [3.05, 3.63) is 34.7 Å². The van der Waals surface area contributed by atoms with Crippen molar-refractivity contribution in [1.82, 2.24) is 10.2 Å². The highest BCUT2D eigenvalue weighted by molar-refractivity contribution is 8.26. The average molecular weight is 407 g/mol. The fourth-order valence-electron chi connectivity index (χ4n) is 2.35. The monoisotopic (exact) mass is 407 g/mol. The lowest BCUT2D eigenvalue weighted by Crippen LogP contribution is -2.48.